The predicted octanol–water partition coefficient (Wildman–Crippen LogP) is 0.868. The normalized spacial score (nSPS) is 16.8. The van der Waals surface area contributed by atoms with Gasteiger partial charge in [-0.3, -0.25) is 0 Å². The number of nitrogens with zero attached hydrogens (tertiary/aromatic N) is 2. The predicted molar refractivity (Wildman–Crippen MR) is 52.6 cm³/mol. The Morgan fingerprint density at radius 3 is 3.36 bits per heavy atom. The number of hydrogen-bond donors (Lipinski definition) is 0. The first-order valence-corrected chi connectivity index (χ1v) is 4.62. The highest BCUT2D eigenvalue weighted by atomic mass is 16.5. The maximum Gasteiger partial charge on any atom is 0.172 e. The summed E-state index contributed by atoms with van der Waals surface area (Å²) in [6.07, 6.45) is 2.63. The zero-order valence-electron chi connectivity index (χ0n) is 8.01. The zero-order chi connectivity index (χ0) is 9.97. The van der Waals surface area contributed by atoms with Crippen molar-refractivity contribution in [3.63, 3.8) is 0 Å². The van der Waals surface area contributed by atoms with Crippen molar-refractivity contribution in [2.45, 2.75) is 13.0 Å². The molecule has 0 saturated heterocycles. The molecule has 1 aliphatic heterocycles. The SMILES string of the molecule is CC(C=O)N1CCOc2cccnc21. The lowest BCUT2D eigenvalue weighted by Crippen LogP contribution is -2.40. The molecule has 0 fully saturated rings. The lowest BCUT2D eigenvalue weighted by Gasteiger charge is -2.32. The molecule has 1 unspecified atom stereocenters. The van der Waals surface area contributed by atoms with E-state index in [4.69, 9.17) is 4.74 Å². The van der Waals surface area contributed by atoms with Gasteiger partial charge in [-0.25, -0.2) is 4.98 Å². The molecule has 4 heteroatoms. The minimum Gasteiger partial charge on any atom is -0.488 e. The molecular formula is C10H12N2O2. The molecule has 1 atom stereocenters. The van der Waals surface area contributed by atoms with Gasteiger partial charge < -0.3 is 14.4 Å². The number of fused-ring (bicyclic) bond motifs is 1. The summed E-state index contributed by atoms with van der Waals surface area (Å²) in [5, 5.41) is 0. The van der Waals surface area contributed by atoms with Gasteiger partial charge >= 0.3 is 0 Å². The minimum absolute atomic E-state index is 0.146. The number of hydrogen-bond acceptors (Lipinski definition) is 4. The van der Waals surface area contributed by atoms with Crippen LogP contribution in [0.1, 0.15) is 6.92 Å². The van der Waals surface area contributed by atoms with Crippen LogP contribution in [0.25, 0.3) is 0 Å². The molecule has 0 aromatic carbocycles. The van der Waals surface area contributed by atoms with Crippen LogP contribution in [0.2, 0.25) is 0 Å². The summed E-state index contributed by atoms with van der Waals surface area (Å²) in [7, 11) is 0. The molecule has 0 amide bonds. The van der Waals surface area contributed by atoms with Gasteiger partial charge in [-0.2, -0.15) is 0 Å². The Balaban J connectivity index is 2.35. The second kappa shape index (κ2) is 3.65. The van der Waals surface area contributed by atoms with Crippen molar-refractivity contribution >= 4 is 12.1 Å². The van der Waals surface area contributed by atoms with Crippen molar-refractivity contribution in [1.29, 1.82) is 0 Å². The van der Waals surface area contributed by atoms with Gasteiger partial charge in [0.15, 0.2) is 11.6 Å². The van der Waals surface area contributed by atoms with Crippen LogP contribution in [0.4, 0.5) is 5.82 Å². The Bertz CT molecular complexity index is 341. The maximum absolute atomic E-state index is 10.7. The summed E-state index contributed by atoms with van der Waals surface area (Å²) in [6.45, 7) is 3.18. The van der Waals surface area contributed by atoms with E-state index in [1.165, 1.54) is 0 Å². The smallest absolute Gasteiger partial charge is 0.172 e. The standard InChI is InChI=1S/C10H12N2O2/c1-8(7-13)12-5-6-14-9-3-2-4-11-10(9)12/h2-4,7-8H,5-6H2,1H3. The molecular weight excluding hydrogens is 180 g/mol. The maximum atomic E-state index is 10.7. The van der Waals surface area contributed by atoms with Crippen LogP contribution in [0.3, 0.4) is 0 Å². The summed E-state index contributed by atoms with van der Waals surface area (Å²) < 4.78 is 5.43. The quantitative estimate of drug-likeness (QED) is 0.652. The largest absolute Gasteiger partial charge is 0.488 e. The molecule has 4 nitrogen and oxygen atoms in total. The molecule has 0 N–H and O–H groups in total. The Kier molecular flexibility index (Phi) is 2.35. The van der Waals surface area contributed by atoms with Crippen molar-refractivity contribution in [1.82, 2.24) is 4.98 Å². The molecule has 74 valence electrons. The van der Waals surface area contributed by atoms with E-state index in [1.807, 2.05) is 24.0 Å². The molecule has 0 aliphatic carbocycles. The van der Waals surface area contributed by atoms with Crippen molar-refractivity contribution < 1.29 is 9.53 Å². The summed E-state index contributed by atoms with van der Waals surface area (Å²) in [6, 6.07) is 3.55. The van der Waals surface area contributed by atoms with Crippen LogP contribution >= 0.6 is 0 Å². The number of carbonyl (C=O) groups is 1. The number of pyridine rings is 1. The van der Waals surface area contributed by atoms with Gasteiger partial charge in [0.1, 0.15) is 12.9 Å². The highest BCUT2D eigenvalue weighted by molar-refractivity contribution is 5.67. The third-order valence-corrected chi connectivity index (χ3v) is 2.30. The molecule has 2 heterocycles. The molecule has 1 aliphatic rings. The molecule has 14 heavy (non-hydrogen) atoms. The van der Waals surface area contributed by atoms with Gasteiger partial charge in [0.05, 0.1) is 12.6 Å². The van der Waals surface area contributed by atoms with Crippen molar-refractivity contribution in [2.24, 2.45) is 0 Å². The molecule has 0 bridgehead atoms. The molecule has 0 spiro atoms. The van der Waals surface area contributed by atoms with Crippen LogP contribution in [0.5, 0.6) is 5.75 Å². The molecule has 0 radical (unpaired) electrons. The summed E-state index contributed by atoms with van der Waals surface area (Å²) >= 11 is 0. The molecule has 2 rings (SSSR count). The fourth-order valence-corrected chi connectivity index (χ4v) is 1.54. The first kappa shape index (κ1) is 8.99. The molecule has 1 aromatic heterocycles. The fraction of sp³-hybridized carbons (Fsp3) is 0.400. The number of carbonyl (C=O) groups excluding carboxylic acids is 1. The number of anilines is 1. The van der Waals surface area contributed by atoms with Crippen molar-refractivity contribution in [2.75, 3.05) is 18.1 Å². The number of ether oxygens (including phenoxy) is 1. The average molecular weight is 192 g/mol. The van der Waals surface area contributed by atoms with E-state index in [2.05, 4.69) is 4.98 Å². The third kappa shape index (κ3) is 1.43. The molecule has 0 saturated carbocycles. The highest BCUT2D eigenvalue weighted by Gasteiger charge is 2.22. The fourth-order valence-electron chi connectivity index (χ4n) is 1.54. The van der Waals surface area contributed by atoms with Gasteiger partial charge in [0, 0.05) is 6.20 Å². The van der Waals surface area contributed by atoms with Crippen molar-refractivity contribution in [3.05, 3.63) is 18.3 Å². The lowest BCUT2D eigenvalue weighted by atomic mass is 10.2. The van der Waals surface area contributed by atoms with Gasteiger partial charge in [0.25, 0.3) is 0 Å². The van der Waals surface area contributed by atoms with Gasteiger partial charge in [-0.05, 0) is 19.1 Å². The summed E-state index contributed by atoms with van der Waals surface area (Å²) in [5.41, 5.74) is 0. The Morgan fingerprint density at radius 2 is 2.57 bits per heavy atom. The van der Waals surface area contributed by atoms with E-state index in [9.17, 15) is 4.79 Å². The van der Waals surface area contributed by atoms with Crippen LogP contribution in [-0.2, 0) is 4.79 Å². The first-order valence-electron chi connectivity index (χ1n) is 4.62. The first-order chi connectivity index (χ1) is 6.83. The minimum atomic E-state index is -0.146. The van der Waals surface area contributed by atoms with E-state index in [0.717, 1.165) is 17.9 Å². The van der Waals surface area contributed by atoms with E-state index in [1.54, 1.807) is 6.20 Å². The second-order valence-electron chi connectivity index (χ2n) is 3.24. The number of aldehydes is 1. The van der Waals surface area contributed by atoms with Crippen molar-refractivity contribution in [3.8, 4) is 5.75 Å². The van der Waals surface area contributed by atoms with E-state index in [0.29, 0.717) is 13.2 Å². The molecule has 1 aromatic rings. The van der Waals surface area contributed by atoms with Crippen LogP contribution in [-0.4, -0.2) is 30.5 Å². The van der Waals surface area contributed by atoms with Gasteiger partial charge in [0.2, 0.25) is 0 Å². The lowest BCUT2D eigenvalue weighted by molar-refractivity contribution is -0.108. The van der Waals surface area contributed by atoms with Crippen LogP contribution in [0.15, 0.2) is 18.3 Å². The highest BCUT2D eigenvalue weighted by Crippen LogP contribution is 2.29. The van der Waals surface area contributed by atoms with Crippen LogP contribution < -0.4 is 9.64 Å². The zero-order valence-corrected chi connectivity index (χ0v) is 8.01. The van der Waals surface area contributed by atoms with Gasteiger partial charge in [-0.1, -0.05) is 0 Å². The Morgan fingerprint density at radius 1 is 1.71 bits per heavy atom. The van der Waals surface area contributed by atoms with E-state index >= 15 is 0 Å². The van der Waals surface area contributed by atoms with E-state index in [-0.39, 0.29) is 6.04 Å². The summed E-state index contributed by atoms with van der Waals surface area (Å²) in [5.74, 6) is 1.52. The number of rotatable bonds is 2. The Labute approximate surface area is 82.5 Å². The Hall–Kier alpha value is -1.58. The van der Waals surface area contributed by atoms with Crippen LogP contribution in [0, 0.1) is 0 Å². The average Bonchev–Trinajstić information content (AvgIpc) is 2.27. The van der Waals surface area contributed by atoms with Gasteiger partial charge in [-0.15, -0.1) is 0 Å². The summed E-state index contributed by atoms with van der Waals surface area (Å²) in [4.78, 5) is 16.9. The third-order valence-electron chi connectivity index (χ3n) is 2.30. The second-order valence-corrected chi connectivity index (χ2v) is 3.24. The topological polar surface area (TPSA) is 42.4 Å². The monoisotopic (exact) mass is 192 g/mol. The van der Waals surface area contributed by atoms with E-state index < -0.39 is 0 Å². The number of aromatic nitrogens is 1.